The summed E-state index contributed by atoms with van der Waals surface area (Å²) in [6.07, 6.45) is 4.46. The van der Waals surface area contributed by atoms with Gasteiger partial charge in [-0.05, 0) is 29.9 Å². The minimum Gasteiger partial charge on any atom is -0.377 e. The minimum absolute atomic E-state index is 0.122. The van der Waals surface area contributed by atoms with Crippen molar-refractivity contribution < 1.29 is 9.53 Å². The Kier molecular flexibility index (Phi) is 3.87. The molecule has 1 rings (SSSR count). The van der Waals surface area contributed by atoms with Crippen molar-refractivity contribution in [1.29, 1.82) is 0 Å². The summed E-state index contributed by atoms with van der Waals surface area (Å²) in [5.41, 5.74) is 1.27. The van der Waals surface area contributed by atoms with Crippen LogP contribution in [-0.2, 0) is 9.53 Å². The molecule has 2 nitrogen and oxygen atoms in total. The molecule has 0 bridgehead atoms. The Morgan fingerprint density at radius 3 is 2.71 bits per heavy atom. The van der Waals surface area contributed by atoms with E-state index in [0.717, 1.165) is 25.0 Å². The van der Waals surface area contributed by atoms with Crippen molar-refractivity contribution in [2.45, 2.75) is 40.0 Å². The van der Waals surface area contributed by atoms with Gasteiger partial charge in [0, 0.05) is 13.0 Å². The first-order valence-electron chi connectivity index (χ1n) is 5.33. The van der Waals surface area contributed by atoms with Crippen LogP contribution in [-0.4, -0.2) is 19.0 Å². The lowest BCUT2D eigenvalue weighted by atomic mass is 9.77. The quantitative estimate of drug-likeness (QED) is 0.646. The molecule has 2 heteroatoms. The molecule has 0 radical (unpaired) electrons. The zero-order valence-corrected chi connectivity index (χ0v) is 9.43. The molecule has 0 aromatic rings. The largest absolute Gasteiger partial charge is 0.377 e. The number of ether oxygens (including phenoxy) is 1. The molecule has 0 saturated carbocycles. The molecule has 0 N–H and O–H groups in total. The molecule has 1 aliphatic rings. The van der Waals surface area contributed by atoms with Crippen LogP contribution in [0, 0.1) is 5.41 Å². The van der Waals surface area contributed by atoms with Gasteiger partial charge in [0.15, 0.2) is 5.78 Å². The Labute approximate surface area is 86.3 Å². The van der Waals surface area contributed by atoms with Gasteiger partial charge in [0.2, 0.25) is 0 Å². The maximum atomic E-state index is 11.4. The van der Waals surface area contributed by atoms with Gasteiger partial charge >= 0.3 is 0 Å². The van der Waals surface area contributed by atoms with Crippen molar-refractivity contribution in [2.24, 2.45) is 5.41 Å². The van der Waals surface area contributed by atoms with E-state index >= 15 is 0 Å². The van der Waals surface area contributed by atoms with E-state index in [-0.39, 0.29) is 11.2 Å². The zero-order valence-electron chi connectivity index (χ0n) is 9.43. The molecule has 0 aromatic heterocycles. The normalized spacial score (nSPS) is 20.8. The van der Waals surface area contributed by atoms with Gasteiger partial charge < -0.3 is 4.74 Å². The van der Waals surface area contributed by atoms with Gasteiger partial charge in [0.25, 0.3) is 0 Å². The minimum atomic E-state index is 0.122. The molecule has 0 saturated heterocycles. The smallest absolute Gasteiger partial charge is 0.156 e. The lowest BCUT2D eigenvalue weighted by Gasteiger charge is -2.28. The second kappa shape index (κ2) is 4.74. The Morgan fingerprint density at radius 1 is 1.43 bits per heavy atom. The monoisotopic (exact) mass is 196 g/mol. The SMILES string of the molecule is CCCOCC1=CC(=O)CC(C)(C)C1. The van der Waals surface area contributed by atoms with Crippen LogP contribution in [0.3, 0.4) is 0 Å². The van der Waals surface area contributed by atoms with Gasteiger partial charge in [0.1, 0.15) is 0 Å². The van der Waals surface area contributed by atoms with Crippen LogP contribution in [0.25, 0.3) is 0 Å². The molecule has 0 atom stereocenters. The van der Waals surface area contributed by atoms with Gasteiger partial charge in [-0.1, -0.05) is 20.8 Å². The highest BCUT2D eigenvalue weighted by molar-refractivity contribution is 5.91. The summed E-state index contributed by atoms with van der Waals surface area (Å²) >= 11 is 0. The standard InChI is InChI=1S/C12H20O2/c1-4-5-14-9-10-6-11(13)8-12(2,3)7-10/h6H,4-5,7-9H2,1-3H3. The van der Waals surface area contributed by atoms with Crippen molar-refractivity contribution >= 4 is 5.78 Å². The van der Waals surface area contributed by atoms with Crippen molar-refractivity contribution in [3.63, 3.8) is 0 Å². The number of hydrogen-bond donors (Lipinski definition) is 0. The van der Waals surface area contributed by atoms with Crippen molar-refractivity contribution in [3.8, 4) is 0 Å². The highest BCUT2D eigenvalue weighted by atomic mass is 16.5. The summed E-state index contributed by atoms with van der Waals surface area (Å²) in [4.78, 5) is 11.4. The number of hydrogen-bond acceptors (Lipinski definition) is 2. The third-order valence-corrected chi connectivity index (χ3v) is 2.36. The molecule has 0 aliphatic heterocycles. The van der Waals surface area contributed by atoms with E-state index in [1.54, 1.807) is 6.08 Å². The molecule has 0 unspecified atom stereocenters. The fraction of sp³-hybridized carbons (Fsp3) is 0.750. The van der Waals surface area contributed by atoms with Gasteiger partial charge in [-0.3, -0.25) is 4.79 Å². The van der Waals surface area contributed by atoms with E-state index in [0.29, 0.717) is 13.0 Å². The number of ketones is 1. The lowest BCUT2D eigenvalue weighted by Crippen LogP contribution is -2.23. The van der Waals surface area contributed by atoms with Crippen molar-refractivity contribution in [1.82, 2.24) is 0 Å². The molecular formula is C12H20O2. The van der Waals surface area contributed by atoms with Gasteiger partial charge in [-0.2, -0.15) is 0 Å². The number of carbonyl (C=O) groups is 1. The Hall–Kier alpha value is -0.630. The summed E-state index contributed by atoms with van der Waals surface area (Å²) in [5, 5.41) is 0. The first-order valence-corrected chi connectivity index (χ1v) is 5.33. The first-order chi connectivity index (χ1) is 6.53. The van der Waals surface area contributed by atoms with E-state index < -0.39 is 0 Å². The van der Waals surface area contributed by atoms with E-state index in [1.807, 2.05) is 0 Å². The summed E-state index contributed by atoms with van der Waals surface area (Å²) in [6, 6.07) is 0. The van der Waals surface area contributed by atoms with E-state index in [2.05, 4.69) is 20.8 Å². The fourth-order valence-corrected chi connectivity index (χ4v) is 1.92. The average molecular weight is 196 g/mol. The molecule has 14 heavy (non-hydrogen) atoms. The van der Waals surface area contributed by atoms with Gasteiger partial charge in [-0.25, -0.2) is 0 Å². The molecule has 0 amide bonds. The number of rotatable bonds is 4. The molecule has 0 heterocycles. The van der Waals surface area contributed by atoms with E-state index in [4.69, 9.17) is 4.74 Å². The van der Waals surface area contributed by atoms with Gasteiger partial charge in [-0.15, -0.1) is 0 Å². The third kappa shape index (κ3) is 3.62. The second-order valence-electron chi connectivity index (χ2n) is 4.84. The van der Waals surface area contributed by atoms with Crippen LogP contribution in [0.4, 0.5) is 0 Å². The summed E-state index contributed by atoms with van der Waals surface area (Å²) in [6.45, 7) is 7.77. The second-order valence-corrected chi connectivity index (χ2v) is 4.84. The average Bonchev–Trinajstić information content (AvgIpc) is 2.00. The van der Waals surface area contributed by atoms with Crippen molar-refractivity contribution in [3.05, 3.63) is 11.6 Å². The summed E-state index contributed by atoms with van der Waals surface area (Å²) in [5.74, 6) is 0.247. The molecule has 0 spiro atoms. The Balaban J connectivity index is 2.48. The third-order valence-electron chi connectivity index (χ3n) is 2.36. The molecule has 80 valence electrons. The first kappa shape index (κ1) is 11.4. The van der Waals surface area contributed by atoms with E-state index in [1.165, 1.54) is 0 Å². The van der Waals surface area contributed by atoms with Crippen LogP contribution < -0.4 is 0 Å². The highest BCUT2D eigenvalue weighted by Crippen LogP contribution is 2.33. The van der Waals surface area contributed by atoms with Crippen LogP contribution in [0.5, 0.6) is 0 Å². The van der Waals surface area contributed by atoms with Crippen LogP contribution in [0.1, 0.15) is 40.0 Å². The van der Waals surface area contributed by atoms with E-state index in [9.17, 15) is 4.79 Å². The van der Waals surface area contributed by atoms with Crippen LogP contribution >= 0.6 is 0 Å². The molecular weight excluding hydrogens is 176 g/mol. The number of carbonyl (C=O) groups excluding carboxylic acids is 1. The lowest BCUT2D eigenvalue weighted by molar-refractivity contribution is -0.117. The predicted octanol–water partition coefficient (Wildman–Crippen LogP) is 2.73. The van der Waals surface area contributed by atoms with Crippen LogP contribution in [0.2, 0.25) is 0 Å². The van der Waals surface area contributed by atoms with Crippen molar-refractivity contribution in [2.75, 3.05) is 13.2 Å². The maximum absolute atomic E-state index is 11.4. The Morgan fingerprint density at radius 2 is 2.14 bits per heavy atom. The highest BCUT2D eigenvalue weighted by Gasteiger charge is 2.27. The van der Waals surface area contributed by atoms with Gasteiger partial charge in [0.05, 0.1) is 6.61 Å². The molecule has 0 fully saturated rings. The number of allylic oxidation sites excluding steroid dienone is 1. The summed E-state index contributed by atoms with van der Waals surface area (Å²) in [7, 11) is 0. The van der Waals surface area contributed by atoms with Crippen LogP contribution in [0.15, 0.2) is 11.6 Å². The Bertz CT molecular complexity index is 239. The zero-order chi connectivity index (χ0) is 10.6. The topological polar surface area (TPSA) is 26.3 Å². The summed E-state index contributed by atoms with van der Waals surface area (Å²) < 4.78 is 5.44. The maximum Gasteiger partial charge on any atom is 0.156 e. The molecule has 1 aliphatic carbocycles. The molecule has 0 aromatic carbocycles. The fourth-order valence-electron chi connectivity index (χ4n) is 1.92. The predicted molar refractivity (Wildman–Crippen MR) is 57.2 cm³/mol.